The molecular formula is C10H12N3O. The first-order valence-electron chi connectivity index (χ1n) is 4.50. The molecule has 1 amide bonds. The number of carbonyl (C=O) groups excluding carboxylic acids is 1. The van der Waals surface area contributed by atoms with E-state index in [2.05, 4.69) is 5.32 Å². The molecule has 1 heterocycles. The van der Waals surface area contributed by atoms with Crippen molar-refractivity contribution < 1.29 is 4.79 Å². The van der Waals surface area contributed by atoms with Gasteiger partial charge in [0.05, 0.1) is 11.4 Å². The number of benzene rings is 1. The molecule has 1 aliphatic rings. The quantitative estimate of drug-likeness (QED) is 0.655. The maximum absolute atomic E-state index is 11.4. The average Bonchev–Trinajstić information content (AvgIpc) is 2.27. The highest BCUT2D eigenvalue weighted by Gasteiger charge is 2.22. The number of likely N-dealkylation sites (N-methyl/N-ethyl adjacent to an activating group) is 1. The molecule has 14 heavy (non-hydrogen) atoms. The van der Waals surface area contributed by atoms with Crippen molar-refractivity contribution in [2.24, 2.45) is 0 Å². The number of nitrogens with one attached hydrogen (secondary N) is 2. The summed E-state index contributed by atoms with van der Waals surface area (Å²) in [5.74, 6) is -0.234. The molecule has 0 saturated carbocycles. The number of nitrogens with zero attached hydrogens (tertiary/aromatic N) is 1. The molecule has 1 aromatic carbocycles. The molecule has 1 aliphatic heterocycles. The minimum Gasteiger partial charge on any atom is -0.371 e. The molecule has 1 unspecified atom stereocenters. The zero-order valence-corrected chi connectivity index (χ0v) is 7.95. The Morgan fingerprint density at radius 3 is 3.00 bits per heavy atom. The maximum Gasteiger partial charge on any atom is 0.244 e. The van der Waals surface area contributed by atoms with Gasteiger partial charge in [-0.3, -0.25) is 4.79 Å². The minimum absolute atomic E-state index is 0.234. The first kappa shape index (κ1) is 9.02. The second kappa shape index (κ2) is 3.31. The summed E-state index contributed by atoms with van der Waals surface area (Å²) in [6, 6.07) is 6.87. The van der Waals surface area contributed by atoms with Crippen LogP contribution in [0.5, 0.6) is 0 Å². The van der Waals surface area contributed by atoms with Crippen LogP contribution < -0.4 is 16.0 Å². The van der Waals surface area contributed by atoms with Crippen molar-refractivity contribution in [3.05, 3.63) is 24.3 Å². The highest BCUT2D eigenvalue weighted by Crippen LogP contribution is 2.26. The van der Waals surface area contributed by atoms with E-state index in [1.165, 1.54) is 0 Å². The molecule has 0 spiro atoms. The van der Waals surface area contributed by atoms with Crippen LogP contribution in [0, 0.1) is 0 Å². The van der Waals surface area contributed by atoms with E-state index in [9.17, 15) is 4.79 Å². The van der Waals surface area contributed by atoms with E-state index in [1.807, 2.05) is 36.2 Å². The van der Waals surface area contributed by atoms with Gasteiger partial charge in [0.1, 0.15) is 6.04 Å². The smallest absolute Gasteiger partial charge is 0.244 e. The number of hydrogen-bond donors (Lipinski definition) is 1. The van der Waals surface area contributed by atoms with Crippen LogP contribution in [0.2, 0.25) is 0 Å². The first-order valence-corrected chi connectivity index (χ1v) is 4.50. The number of carbonyl (C=O) groups is 1. The third-order valence-electron chi connectivity index (χ3n) is 2.35. The van der Waals surface area contributed by atoms with Crippen LogP contribution in [0.15, 0.2) is 24.3 Å². The Morgan fingerprint density at radius 2 is 2.21 bits per heavy atom. The Bertz CT molecular complexity index is 364. The Balaban J connectivity index is 2.43. The molecule has 0 aromatic heterocycles. The van der Waals surface area contributed by atoms with Crippen LogP contribution in [0.4, 0.5) is 11.4 Å². The molecule has 2 rings (SSSR count). The van der Waals surface area contributed by atoms with Crippen molar-refractivity contribution >= 4 is 17.3 Å². The van der Waals surface area contributed by atoms with Gasteiger partial charge in [-0.25, -0.2) is 5.73 Å². The Hall–Kier alpha value is -1.55. The summed E-state index contributed by atoms with van der Waals surface area (Å²) in [6.45, 7) is 0.433. The summed E-state index contributed by atoms with van der Waals surface area (Å²) in [7, 11) is 1.89. The fraction of sp³-hybridized carbons (Fsp3) is 0.300. The molecule has 0 aliphatic carbocycles. The van der Waals surface area contributed by atoms with Crippen LogP contribution >= 0.6 is 0 Å². The molecule has 0 bridgehead atoms. The van der Waals surface area contributed by atoms with Crippen molar-refractivity contribution in [2.45, 2.75) is 6.04 Å². The minimum atomic E-state index is -0.715. The van der Waals surface area contributed by atoms with Gasteiger partial charge >= 0.3 is 0 Å². The van der Waals surface area contributed by atoms with Gasteiger partial charge in [-0.1, -0.05) is 12.1 Å². The van der Waals surface area contributed by atoms with E-state index in [4.69, 9.17) is 5.73 Å². The summed E-state index contributed by atoms with van der Waals surface area (Å²) < 4.78 is 0. The topological polar surface area (TPSA) is 56.1 Å². The number of hydrogen-bond acceptors (Lipinski definition) is 2. The highest BCUT2D eigenvalue weighted by atomic mass is 16.2. The number of amides is 1. The van der Waals surface area contributed by atoms with E-state index < -0.39 is 6.04 Å². The van der Waals surface area contributed by atoms with Gasteiger partial charge in [0, 0.05) is 13.6 Å². The zero-order valence-electron chi connectivity index (χ0n) is 7.95. The Morgan fingerprint density at radius 1 is 1.50 bits per heavy atom. The maximum atomic E-state index is 11.4. The lowest BCUT2D eigenvalue weighted by Crippen LogP contribution is -2.36. The lowest BCUT2D eigenvalue weighted by atomic mass is 10.2. The molecule has 0 fully saturated rings. The van der Waals surface area contributed by atoms with Crippen LogP contribution in [-0.2, 0) is 4.79 Å². The number of fused-ring (bicyclic) bond motifs is 1. The zero-order chi connectivity index (χ0) is 10.1. The van der Waals surface area contributed by atoms with Crippen molar-refractivity contribution in [3.63, 3.8) is 0 Å². The monoisotopic (exact) mass is 190 g/mol. The predicted molar refractivity (Wildman–Crippen MR) is 55.2 cm³/mol. The predicted octanol–water partition coefficient (Wildman–Crippen LogP) is 0.726. The SMILES string of the molecule is CN1CC([NH])C(=O)Nc2ccccc21. The molecule has 2 N–H and O–H groups in total. The van der Waals surface area contributed by atoms with Crippen LogP contribution in [-0.4, -0.2) is 25.5 Å². The van der Waals surface area contributed by atoms with Crippen LogP contribution in [0.3, 0.4) is 0 Å². The summed E-state index contributed by atoms with van der Waals surface area (Å²) in [4.78, 5) is 13.3. The summed E-state index contributed by atoms with van der Waals surface area (Å²) in [5.41, 5.74) is 9.33. The van der Waals surface area contributed by atoms with E-state index in [0.717, 1.165) is 11.4 Å². The van der Waals surface area contributed by atoms with Crippen molar-refractivity contribution in [1.82, 2.24) is 5.73 Å². The normalized spacial score (nSPS) is 21.1. The fourth-order valence-corrected chi connectivity index (χ4v) is 1.59. The van der Waals surface area contributed by atoms with Gasteiger partial charge in [0.2, 0.25) is 5.91 Å². The molecule has 1 atom stereocenters. The van der Waals surface area contributed by atoms with E-state index in [1.54, 1.807) is 0 Å². The van der Waals surface area contributed by atoms with Gasteiger partial charge in [-0.15, -0.1) is 0 Å². The first-order chi connectivity index (χ1) is 6.68. The number of rotatable bonds is 0. The molecule has 4 heteroatoms. The molecule has 4 nitrogen and oxygen atoms in total. The molecule has 1 aromatic rings. The van der Waals surface area contributed by atoms with Crippen LogP contribution in [0.1, 0.15) is 0 Å². The summed E-state index contributed by atoms with van der Waals surface area (Å²) in [5, 5.41) is 2.73. The number of anilines is 2. The second-order valence-corrected chi connectivity index (χ2v) is 3.44. The lowest BCUT2D eigenvalue weighted by Gasteiger charge is -2.18. The lowest BCUT2D eigenvalue weighted by molar-refractivity contribution is -0.117. The standard InChI is InChI=1S/C10H12N3O/c1-13-6-7(11)10(14)12-8-4-2-3-5-9(8)13/h2-5,7,11H,6H2,1H3,(H,12,14). The third kappa shape index (κ3) is 1.44. The molecule has 1 radical (unpaired) electrons. The van der Waals surface area contributed by atoms with E-state index in [0.29, 0.717) is 6.54 Å². The van der Waals surface area contributed by atoms with Gasteiger partial charge in [0.25, 0.3) is 0 Å². The van der Waals surface area contributed by atoms with Crippen molar-refractivity contribution in [3.8, 4) is 0 Å². The molecular weight excluding hydrogens is 178 g/mol. The van der Waals surface area contributed by atoms with Crippen molar-refractivity contribution in [2.75, 3.05) is 23.8 Å². The van der Waals surface area contributed by atoms with Gasteiger partial charge in [-0.2, -0.15) is 0 Å². The Labute approximate surface area is 82.7 Å². The van der Waals surface area contributed by atoms with E-state index >= 15 is 0 Å². The third-order valence-corrected chi connectivity index (χ3v) is 2.35. The second-order valence-electron chi connectivity index (χ2n) is 3.44. The van der Waals surface area contributed by atoms with Gasteiger partial charge in [0.15, 0.2) is 0 Å². The van der Waals surface area contributed by atoms with Gasteiger partial charge < -0.3 is 10.2 Å². The van der Waals surface area contributed by atoms with Gasteiger partial charge in [-0.05, 0) is 12.1 Å². The largest absolute Gasteiger partial charge is 0.371 e. The summed E-state index contributed by atoms with van der Waals surface area (Å²) in [6.07, 6.45) is 0. The summed E-state index contributed by atoms with van der Waals surface area (Å²) >= 11 is 0. The van der Waals surface area contributed by atoms with Crippen LogP contribution in [0.25, 0.3) is 0 Å². The fourth-order valence-electron chi connectivity index (χ4n) is 1.59. The number of para-hydroxylation sites is 2. The Kier molecular flexibility index (Phi) is 2.13. The van der Waals surface area contributed by atoms with E-state index in [-0.39, 0.29) is 5.91 Å². The highest BCUT2D eigenvalue weighted by molar-refractivity contribution is 5.99. The average molecular weight is 190 g/mol. The molecule has 0 saturated heterocycles. The van der Waals surface area contributed by atoms with Crippen molar-refractivity contribution in [1.29, 1.82) is 0 Å². The molecule has 73 valence electrons.